The Morgan fingerprint density at radius 1 is 0.608 bits per heavy atom. The number of esters is 2. The van der Waals surface area contributed by atoms with Crippen molar-refractivity contribution in [3.8, 4) is 0 Å². The lowest BCUT2D eigenvalue weighted by Gasteiger charge is -2.15. The number of aliphatic hydroxyl groups excluding tert-OH is 1. The highest BCUT2D eigenvalue weighted by molar-refractivity contribution is 5.70. The van der Waals surface area contributed by atoms with Crippen molar-refractivity contribution < 1.29 is 28.9 Å². The van der Waals surface area contributed by atoms with E-state index in [-0.39, 0.29) is 31.6 Å². The van der Waals surface area contributed by atoms with Crippen LogP contribution < -0.4 is 0 Å². The minimum Gasteiger partial charge on any atom is -0.462 e. The summed E-state index contributed by atoms with van der Waals surface area (Å²) in [6.07, 6.45) is 47.6. The molecule has 51 heavy (non-hydrogen) atoms. The summed E-state index contributed by atoms with van der Waals surface area (Å²) in [6.45, 7) is 6.30. The molecule has 1 aliphatic heterocycles. The van der Waals surface area contributed by atoms with E-state index in [0.29, 0.717) is 25.0 Å². The lowest BCUT2D eigenvalue weighted by atomic mass is 10.0. The van der Waals surface area contributed by atoms with Crippen molar-refractivity contribution in [2.45, 2.75) is 193 Å². The molecule has 0 radical (unpaired) electrons. The van der Waals surface area contributed by atoms with Gasteiger partial charge in [-0.2, -0.15) is 0 Å². The molecule has 1 rings (SSSR count). The number of hydrogen-bond acceptors (Lipinski definition) is 6. The molecule has 2 unspecified atom stereocenters. The highest BCUT2D eigenvalue weighted by atomic mass is 16.6. The molecule has 6 nitrogen and oxygen atoms in total. The molecule has 0 aromatic heterocycles. The van der Waals surface area contributed by atoms with Crippen LogP contribution in [0, 0.1) is 5.92 Å². The van der Waals surface area contributed by atoms with Crippen LogP contribution in [0.4, 0.5) is 0 Å². The monoisotopic (exact) mass is 713 g/mol. The predicted molar refractivity (Wildman–Crippen MR) is 214 cm³/mol. The number of hydrogen-bond donors (Lipinski definition) is 1. The lowest BCUT2D eigenvalue weighted by Crippen LogP contribution is -2.28. The molecule has 0 aliphatic carbocycles. The zero-order valence-corrected chi connectivity index (χ0v) is 33.0. The van der Waals surface area contributed by atoms with Gasteiger partial charge in [0.15, 0.2) is 6.10 Å². The lowest BCUT2D eigenvalue weighted by molar-refractivity contribution is -0.161. The van der Waals surface area contributed by atoms with E-state index in [2.05, 4.69) is 69.4 Å². The molecule has 0 amide bonds. The molecule has 0 aromatic carbocycles. The Kier molecular flexibility index (Phi) is 31.6. The van der Waals surface area contributed by atoms with Gasteiger partial charge in [-0.05, 0) is 57.3 Å². The summed E-state index contributed by atoms with van der Waals surface area (Å²) >= 11 is 0. The fourth-order valence-electron chi connectivity index (χ4n) is 5.92. The smallest absolute Gasteiger partial charge is 0.306 e. The summed E-state index contributed by atoms with van der Waals surface area (Å²) in [6, 6.07) is 0. The number of allylic oxidation sites excluding steroid dienone is 8. The topological polar surface area (TPSA) is 85.4 Å². The van der Waals surface area contributed by atoms with Crippen LogP contribution in [0.2, 0.25) is 0 Å². The van der Waals surface area contributed by atoms with Gasteiger partial charge in [-0.15, -0.1) is 0 Å². The minimum absolute atomic E-state index is 0.110. The first-order chi connectivity index (χ1) is 25.0. The van der Waals surface area contributed by atoms with E-state index < -0.39 is 6.10 Å². The zero-order valence-electron chi connectivity index (χ0n) is 33.0. The molecular formula is C45H76O6. The fourth-order valence-corrected chi connectivity index (χ4v) is 5.92. The van der Waals surface area contributed by atoms with Crippen LogP contribution in [-0.4, -0.2) is 48.6 Å². The van der Waals surface area contributed by atoms with Crippen LogP contribution in [0.5, 0.6) is 0 Å². The third-order valence-corrected chi connectivity index (χ3v) is 9.17. The molecule has 1 saturated heterocycles. The van der Waals surface area contributed by atoms with Crippen LogP contribution in [0.15, 0.2) is 60.8 Å². The Morgan fingerprint density at radius 3 is 1.59 bits per heavy atom. The van der Waals surface area contributed by atoms with Gasteiger partial charge in [-0.3, -0.25) is 9.59 Å². The zero-order chi connectivity index (χ0) is 37.0. The van der Waals surface area contributed by atoms with Gasteiger partial charge in [0, 0.05) is 12.8 Å². The van der Waals surface area contributed by atoms with E-state index in [9.17, 15) is 14.7 Å². The van der Waals surface area contributed by atoms with E-state index in [1.54, 1.807) is 0 Å². The molecule has 0 aromatic rings. The first-order valence-corrected chi connectivity index (χ1v) is 20.8. The normalized spacial score (nSPS) is 16.9. The molecule has 1 aliphatic rings. The van der Waals surface area contributed by atoms with Crippen molar-refractivity contribution in [2.24, 2.45) is 5.92 Å². The molecule has 292 valence electrons. The van der Waals surface area contributed by atoms with Gasteiger partial charge in [-0.25, -0.2) is 0 Å². The van der Waals surface area contributed by atoms with Gasteiger partial charge >= 0.3 is 11.9 Å². The maximum absolute atomic E-state index is 12.2. The summed E-state index contributed by atoms with van der Waals surface area (Å²) in [5, 5.41) is 9.56. The predicted octanol–water partition coefficient (Wildman–Crippen LogP) is 12.0. The van der Waals surface area contributed by atoms with Crippen LogP contribution >= 0.6 is 0 Å². The van der Waals surface area contributed by atoms with Crippen molar-refractivity contribution in [3.63, 3.8) is 0 Å². The first-order valence-electron chi connectivity index (χ1n) is 20.8. The Balaban J connectivity index is 1.92. The number of aliphatic hydroxyl groups is 1. The second-order valence-electron chi connectivity index (χ2n) is 14.6. The molecule has 0 spiro atoms. The third kappa shape index (κ3) is 32.0. The summed E-state index contributed by atoms with van der Waals surface area (Å²) in [4.78, 5) is 24.3. The molecule has 1 N–H and O–H groups in total. The Hall–Kier alpha value is -2.44. The number of carbonyl (C=O) groups excluding carboxylic acids is 2. The van der Waals surface area contributed by atoms with Crippen molar-refractivity contribution in [3.05, 3.63) is 60.8 Å². The minimum atomic E-state index is -0.805. The second-order valence-corrected chi connectivity index (χ2v) is 14.6. The number of rotatable bonds is 35. The van der Waals surface area contributed by atoms with E-state index in [4.69, 9.17) is 14.2 Å². The highest BCUT2D eigenvalue weighted by Crippen LogP contribution is 2.29. The van der Waals surface area contributed by atoms with Gasteiger partial charge in [0.2, 0.25) is 0 Å². The standard InChI is InChI=1S/C45H76O6/c1-4-5-28-34-42-43(51-42)35-30-25-21-17-13-10-11-14-18-22-26-31-36-44(47)49-39-41(38-46)50-45(48)37-32-27-23-19-15-9-7-6-8-12-16-20-24-29-33-40(2)3/h5,11,13-14,17,22,25-26,28,30,40-43,46H,4,6-10,12,15-16,18-21,23-24,27,29,31-39H2,1-3H3/b14-11-,17-13-,26-22-,28-5-,30-25-/t41-,42?,43?/m0/s1. The molecule has 3 atom stereocenters. The van der Waals surface area contributed by atoms with E-state index >= 15 is 0 Å². The van der Waals surface area contributed by atoms with Crippen molar-refractivity contribution in [2.75, 3.05) is 13.2 Å². The Bertz CT molecular complexity index is 977. The van der Waals surface area contributed by atoms with E-state index in [1.807, 2.05) is 12.2 Å². The van der Waals surface area contributed by atoms with Crippen molar-refractivity contribution in [1.29, 1.82) is 0 Å². The largest absolute Gasteiger partial charge is 0.462 e. The second kappa shape index (κ2) is 34.6. The fraction of sp³-hybridized carbons (Fsp3) is 0.733. The summed E-state index contributed by atoms with van der Waals surface area (Å²) in [5.74, 6) is 0.152. The van der Waals surface area contributed by atoms with Gasteiger partial charge in [0.1, 0.15) is 6.61 Å². The number of carbonyl (C=O) groups is 2. The quantitative estimate of drug-likeness (QED) is 0.0305. The van der Waals surface area contributed by atoms with Crippen molar-refractivity contribution >= 4 is 11.9 Å². The van der Waals surface area contributed by atoms with Crippen molar-refractivity contribution in [1.82, 2.24) is 0 Å². The average molecular weight is 713 g/mol. The summed E-state index contributed by atoms with van der Waals surface area (Å²) < 4.78 is 16.2. The van der Waals surface area contributed by atoms with Crippen LogP contribution in [0.25, 0.3) is 0 Å². The van der Waals surface area contributed by atoms with Crippen LogP contribution in [0.1, 0.15) is 175 Å². The SMILES string of the molecule is CC/C=C\CC1OC1C/C=C\C/C=C\C/C=C\C/C=C\CCC(=O)OC[C@H](CO)OC(=O)CCCCCCCCCCCCCCCCC(C)C. The highest BCUT2D eigenvalue weighted by Gasteiger charge is 2.35. The third-order valence-electron chi connectivity index (χ3n) is 9.17. The van der Waals surface area contributed by atoms with E-state index in [0.717, 1.165) is 63.7 Å². The first kappa shape index (κ1) is 46.6. The van der Waals surface area contributed by atoms with Gasteiger partial charge in [0.25, 0.3) is 0 Å². The number of unbranched alkanes of at least 4 members (excludes halogenated alkanes) is 13. The van der Waals surface area contributed by atoms with E-state index in [1.165, 1.54) is 77.0 Å². The van der Waals surface area contributed by atoms with Gasteiger partial charge < -0.3 is 19.3 Å². The Labute approximate surface area is 313 Å². The molecule has 0 saturated carbocycles. The molecule has 0 bridgehead atoms. The summed E-state index contributed by atoms with van der Waals surface area (Å²) in [5.41, 5.74) is 0. The molecule has 1 heterocycles. The van der Waals surface area contributed by atoms with Crippen LogP contribution in [0.3, 0.4) is 0 Å². The van der Waals surface area contributed by atoms with Gasteiger partial charge in [0.05, 0.1) is 18.8 Å². The molecular weight excluding hydrogens is 636 g/mol. The Morgan fingerprint density at radius 2 is 1.08 bits per heavy atom. The van der Waals surface area contributed by atoms with Crippen LogP contribution in [-0.2, 0) is 23.8 Å². The molecule has 1 fully saturated rings. The molecule has 6 heteroatoms. The van der Waals surface area contributed by atoms with Gasteiger partial charge in [-0.1, -0.05) is 171 Å². The maximum atomic E-state index is 12.2. The summed E-state index contributed by atoms with van der Waals surface area (Å²) in [7, 11) is 0. The number of epoxide rings is 1. The maximum Gasteiger partial charge on any atom is 0.306 e. The number of ether oxygens (including phenoxy) is 3. The average Bonchev–Trinajstić information content (AvgIpc) is 3.87.